The predicted octanol–water partition coefficient (Wildman–Crippen LogP) is -3.50. The van der Waals surface area contributed by atoms with Crippen LogP contribution in [0, 0.1) is 0 Å². The molecule has 9 heteroatoms. The van der Waals surface area contributed by atoms with Crippen LogP contribution in [0.25, 0.3) is 0 Å². The Balaban J connectivity index is 0.00000225. The fourth-order valence-corrected chi connectivity index (χ4v) is 2.10. The van der Waals surface area contributed by atoms with E-state index >= 15 is 0 Å². The molecule has 0 atom stereocenters. The first-order valence-electron chi connectivity index (χ1n) is 3.77. The summed E-state index contributed by atoms with van der Waals surface area (Å²) in [6.45, 7) is 0. The summed E-state index contributed by atoms with van der Waals surface area (Å²) in [5, 5.41) is 0. The maximum absolute atomic E-state index is 11.2. The van der Waals surface area contributed by atoms with Crippen LogP contribution < -0.4 is 34.3 Å². The van der Waals surface area contributed by atoms with Crippen molar-refractivity contribution >= 4 is 20.1 Å². The van der Waals surface area contributed by atoms with Crippen molar-refractivity contribution in [3.63, 3.8) is 0 Å². The van der Waals surface area contributed by atoms with E-state index < -0.39 is 25.0 Å². The van der Waals surface area contributed by atoms with Crippen LogP contribution in [0.3, 0.4) is 0 Å². The molecule has 0 aliphatic heterocycles. The molecule has 0 aliphatic rings. The molecule has 0 heterocycles. The Labute approximate surface area is 116 Å². The Hall–Kier alpha value is 0.0400. The van der Waals surface area contributed by atoms with Gasteiger partial charge < -0.3 is 4.55 Å². The number of benzene rings is 1. The average molecular weight is 273 g/mol. The second-order valence-electron chi connectivity index (χ2n) is 2.63. The molecule has 0 fully saturated rings. The third-order valence-electron chi connectivity index (χ3n) is 1.69. The maximum atomic E-state index is 11.2. The normalized spacial score (nSPS) is 11.9. The van der Waals surface area contributed by atoms with Crippen molar-refractivity contribution < 1.29 is 50.9 Å². The van der Waals surface area contributed by atoms with Gasteiger partial charge in [-0.3, -0.25) is 0 Å². The van der Waals surface area contributed by atoms with Gasteiger partial charge in [0.2, 0.25) is 10.0 Å². The van der Waals surface area contributed by atoms with Gasteiger partial charge >= 0.3 is 29.6 Å². The summed E-state index contributed by atoms with van der Waals surface area (Å²) in [6.07, 6.45) is 0. The summed E-state index contributed by atoms with van der Waals surface area (Å²) in [6, 6.07) is 4.01. The molecule has 16 heavy (non-hydrogen) atoms. The summed E-state index contributed by atoms with van der Waals surface area (Å²) in [4.78, 5) is -0.560. The van der Waals surface area contributed by atoms with E-state index in [1.807, 2.05) is 0 Å². The van der Waals surface area contributed by atoms with E-state index in [1.165, 1.54) is 7.05 Å². The molecule has 0 amide bonds. The second-order valence-corrected chi connectivity index (χ2v) is 5.90. The van der Waals surface area contributed by atoms with Gasteiger partial charge in [0, 0.05) is 0 Å². The van der Waals surface area contributed by atoms with Crippen LogP contribution in [0.2, 0.25) is 0 Å². The molecule has 84 valence electrons. The molecule has 0 aliphatic carbocycles. The first kappa shape index (κ1) is 16.0. The van der Waals surface area contributed by atoms with Gasteiger partial charge in [-0.15, -0.1) is 0 Å². The largest absolute Gasteiger partial charge is 1.00 e. The number of hydrogen-bond donors (Lipinski definition) is 1. The van der Waals surface area contributed by atoms with Crippen molar-refractivity contribution in [1.82, 2.24) is 4.72 Å². The smallest absolute Gasteiger partial charge is 0.744 e. The summed E-state index contributed by atoms with van der Waals surface area (Å²) >= 11 is 0. The third-order valence-corrected chi connectivity index (χ3v) is 3.97. The Morgan fingerprint density at radius 1 is 1.00 bits per heavy atom. The SMILES string of the molecule is CNS(=O)(=O)c1ccc(S(=O)(=O)[O-])cc1.[Na+]. The van der Waals surface area contributed by atoms with Gasteiger partial charge in [0.1, 0.15) is 10.1 Å². The van der Waals surface area contributed by atoms with Crippen LogP contribution in [0.5, 0.6) is 0 Å². The summed E-state index contributed by atoms with van der Waals surface area (Å²) in [7, 11) is -6.91. The molecule has 0 radical (unpaired) electrons. The monoisotopic (exact) mass is 273 g/mol. The van der Waals surface area contributed by atoms with E-state index in [4.69, 9.17) is 0 Å². The van der Waals surface area contributed by atoms with Gasteiger partial charge in [-0.25, -0.2) is 21.6 Å². The molecule has 6 nitrogen and oxygen atoms in total. The molecule has 0 saturated heterocycles. The first-order valence-corrected chi connectivity index (χ1v) is 6.66. The molecule has 1 N–H and O–H groups in total. The summed E-state index contributed by atoms with van der Waals surface area (Å²) in [5.41, 5.74) is 0. The fraction of sp³-hybridized carbons (Fsp3) is 0.143. The number of nitrogens with one attached hydrogen (secondary N) is 1. The zero-order valence-corrected chi connectivity index (χ0v) is 12.3. The molecule has 0 aromatic heterocycles. The third kappa shape index (κ3) is 3.81. The van der Waals surface area contributed by atoms with Crippen molar-refractivity contribution in [2.45, 2.75) is 9.79 Å². The predicted molar refractivity (Wildman–Crippen MR) is 50.7 cm³/mol. The zero-order chi connectivity index (χ0) is 11.7. The van der Waals surface area contributed by atoms with Crippen LogP contribution in [0.4, 0.5) is 0 Å². The van der Waals surface area contributed by atoms with Crippen LogP contribution in [-0.2, 0) is 20.1 Å². The van der Waals surface area contributed by atoms with Gasteiger partial charge in [0.15, 0.2) is 0 Å². The van der Waals surface area contributed by atoms with Gasteiger partial charge in [0.05, 0.1) is 9.79 Å². The zero-order valence-electron chi connectivity index (χ0n) is 8.67. The van der Waals surface area contributed by atoms with Gasteiger partial charge in [0.25, 0.3) is 0 Å². The van der Waals surface area contributed by atoms with Crippen LogP contribution >= 0.6 is 0 Å². The quantitative estimate of drug-likeness (QED) is 0.455. The van der Waals surface area contributed by atoms with E-state index in [2.05, 4.69) is 4.72 Å². The van der Waals surface area contributed by atoms with Crippen LogP contribution in [0.15, 0.2) is 34.1 Å². The van der Waals surface area contributed by atoms with E-state index in [-0.39, 0.29) is 34.5 Å². The Bertz CT molecular complexity index is 549. The fourth-order valence-electron chi connectivity index (χ4n) is 0.903. The van der Waals surface area contributed by atoms with E-state index in [0.29, 0.717) is 0 Å². The van der Waals surface area contributed by atoms with Gasteiger partial charge in [-0.1, -0.05) is 0 Å². The Morgan fingerprint density at radius 3 is 1.69 bits per heavy atom. The van der Waals surface area contributed by atoms with Crippen molar-refractivity contribution in [3.05, 3.63) is 24.3 Å². The van der Waals surface area contributed by atoms with E-state index in [1.54, 1.807) is 0 Å². The van der Waals surface area contributed by atoms with Gasteiger partial charge in [-0.05, 0) is 31.3 Å². The molecule has 0 bridgehead atoms. The van der Waals surface area contributed by atoms with Crippen molar-refractivity contribution in [2.24, 2.45) is 0 Å². The van der Waals surface area contributed by atoms with E-state index in [0.717, 1.165) is 24.3 Å². The number of rotatable bonds is 3. The molecule has 0 spiro atoms. The summed E-state index contributed by atoms with van der Waals surface area (Å²) < 4.78 is 56.1. The summed E-state index contributed by atoms with van der Waals surface area (Å²) in [5.74, 6) is 0. The average Bonchev–Trinajstić information content (AvgIpc) is 2.17. The van der Waals surface area contributed by atoms with Gasteiger partial charge in [-0.2, -0.15) is 0 Å². The number of hydrogen-bond acceptors (Lipinski definition) is 5. The molecule has 0 saturated carbocycles. The van der Waals surface area contributed by atoms with Crippen molar-refractivity contribution in [2.75, 3.05) is 7.05 Å². The number of sulfonamides is 1. The minimum Gasteiger partial charge on any atom is -0.744 e. The second kappa shape index (κ2) is 5.58. The molecule has 0 unspecified atom stereocenters. The Morgan fingerprint density at radius 2 is 1.38 bits per heavy atom. The van der Waals surface area contributed by atoms with E-state index in [9.17, 15) is 21.4 Å². The Kier molecular flexibility index (Phi) is 5.60. The first-order chi connectivity index (χ1) is 6.77. The molecular formula is C7H8NNaO5S2. The van der Waals surface area contributed by atoms with Crippen molar-refractivity contribution in [3.8, 4) is 0 Å². The minimum absolute atomic E-state index is 0. The standard InChI is InChI=1S/C7H9NO5S2.Na/c1-8-14(9,10)6-2-4-7(5-3-6)15(11,12)13;/h2-5,8H,1H3,(H,11,12,13);/q;+1/p-1. The minimum atomic E-state index is -4.54. The molecular weight excluding hydrogens is 265 g/mol. The maximum Gasteiger partial charge on any atom is 1.00 e. The molecule has 1 aromatic rings. The molecule has 1 aromatic carbocycles. The molecule has 1 rings (SSSR count). The van der Waals surface area contributed by atoms with Crippen molar-refractivity contribution in [1.29, 1.82) is 0 Å². The van der Waals surface area contributed by atoms with Crippen LogP contribution in [0.1, 0.15) is 0 Å². The van der Waals surface area contributed by atoms with Crippen LogP contribution in [-0.4, -0.2) is 28.4 Å². The topological polar surface area (TPSA) is 103 Å².